The summed E-state index contributed by atoms with van der Waals surface area (Å²) in [6, 6.07) is 27.3. The Labute approximate surface area is 168 Å². The van der Waals surface area contributed by atoms with Gasteiger partial charge in [-0.2, -0.15) is 0 Å². The molecular formula is C26H28O2. The average molecular weight is 373 g/mol. The first-order valence-corrected chi connectivity index (χ1v) is 10.1. The van der Waals surface area contributed by atoms with E-state index in [1.807, 2.05) is 18.2 Å². The number of fused-ring (bicyclic) bond motifs is 1. The van der Waals surface area contributed by atoms with E-state index in [4.69, 9.17) is 9.47 Å². The normalized spacial score (nSPS) is 17.2. The molecular weight excluding hydrogens is 344 g/mol. The van der Waals surface area contributed by atoms with Gasteiger partial charge in [0.25, 0.3) is 0 Å². The Kier molecular flexibility index (Phi) is 5.23. The van der Waals surface area contributed by atoms with Crippen LogP contribution < -0.4 is 4.74 Å². The van der Waals surface area contributed by atoms with Crippen molar-refractivity contribution in [3.05, 3.63) is 101 Å². The highest BCUT2D eigenvalue weighted by Gasteiger charge is 2.37. The van der Waals surface area contributed by atoms with Gasteiger partial charge in [0.1, 0.15) is 5.75 Å². The molecule has 0 radical (unpaired) electrons. The Hall–Kier alpha value is -2.58. The van der Waals surface area contributed by atoms with Crippen LogP contribution in [0.4, 0.5) is 0 Å². The van der Waals surface area contributed by atoms with Crippen molar-refractivity contribution in [1.82, 2.24) is 0 Å². The zero-order valence-electron chi connectivity index (χ0n) is 16.9. The lowest BCUT2D eigenvalue weighted by atomic mass is 9.83. The molecule has 2 nitrogen and oxygen atoms in total. The fraction of sp³-hybridized carbons (Fsp3) is 0.308. The summed E-state index contributed by atoms with van der Waals surface area (Å²) in [6.45, 7) is 6.48. The Bertz CT molecular complexity index is 913. The maximum atomic E-state index is 6.67. The molecule has 1 aliphatic rings. The molecule has 2 unspecified atom stereocenters. The SMILES string of the molecule is Cc1ccc(OC(OC2CCc3ccccc32)C(C)(C)c2ccccc2)cc1. The fourth-order valence-electron chi connectivity index (χ4n) is 3.90. The monoisotopic (exact) mass is 372 g/mol. The number of hydrogen-bond acceptors (Lipinski definition) is 2. The Morgan fingerprint density at radius 3 is 2.29 bits per heavy atom. The summed E-state index contributed by atoms with van der Waals surface area (Å²) in [5.74, 6) is 0.839. The van der Waals surface area contributed by atoms with Crippen LogP contribution in [0.25, 0.3) is 0 Å². The van der Waals surface area contributed by atoms with Gasteiger partial charge < -0.3 is 9.47 Å². The lowest BCUT2D eigenvalue weighted by molar-refractivity contribution is -0.155. The van der Waals surface area contributed by atoms with Crippen molar-refractivity contribution in [2.45, 2.75) is 51.4 Å². The third-order valence-corrected chi connectivity index (χ3v) is 5.74. The lowest BCUT2D eigenvalue weighted by Crippen LogP contribution is -2.41. The van der Waals surface area contributed by atoms with Gasteiger partial charge >= 0.3 is 0 Å². The molecule has 3 aromatic rings. The minimum atomic E-state index is -0.395. The van der Waals surface area contributed by atoms with Crippen molar-refractivity contribution in [3.8, 4) is 5.75 Å². The van der Waals surface area contributed by atoms with Gasteiger partial charge in [-0.25, -0.2) is 0 Å². The molecule has 0 N–H and O–H groups in total. The van der Waals surface area contributed by atoms with Crippen molar-refractivity contribution >= 4 is 0 Å². The molecule has 3 aromatic carbocycles. The molecule has 0 aromatic heterocycles. The van der Waals surface area contributed by atoms with E-state index >= 15 is 0 Å². The van der Waals surface area contributed by atoms with E-state index < -0.39 is 6.29 Å². The molecule has 0 saturated heterocycles. The van der Waals surface area contributed by atoms with Crippen LogP contribution in [-0.4, -0.2) is 6.29 Å². The summed E-state index contributed by atoms with van der Waals surface area (Å²) >= 11 is 0. The lowest BCUT2D eigenvalue weighted by Gasteiger charge is -2.36. The van der Waals surface area contributed by atoms with Gasteiger partial charge in [-0.05, 0) is 62.4 Å². The molecule has 0 bridgehead atoms. The largest absolute Gasteiger partial charge is 0.464 e. The standard InChI is InChI=1S/C26H28O2/c1-19-13-16-22(17-14-19)27-25(26(2,3)21-10-5-4-6-11-21)28-24-18-15-20-9-7-8-12-23(20)24/h4-14,16-17,24-25H,15,18H2,1-3H3. The first kappa shape index (κ1) is 18.8. The van der Waals surface area contributed by atoms with Crippen LogP contribution >= 0.6 is 0 Å². The number of rotatable bonds is 6. The highest BCUT2D eigenvalue weighted by molar-refractivity contribution is 5.34. The van der Waals surface area contributed by atoms with Gasteiger partial charge in [0.2, 0.25) is 6.29 Å². The summed E-state index contributed by atoms with van der Waals surface area (Å²) < 4.78 is 13.1. The van der Waals surface area contributed by atoms with Gasteiger partial charge in [-0.1, -0.05) is 72.3 Å². The van der Waals surface area contributed by atoms with E-state index in [0.29, 0.717) is 0 Å². The van der Waals surface area contributed by atoms with Crippen molar-refractivity contribution < 1.29 is 9.47 Å². The predicted octanol–water partition coefficient (Wildman–Crippen LogP) is 6.38. The highest BCUT2D eigenvalue weighted by Crippen LogP contribution is 2.39. The van der Waals surface area contributed by atoms with Crippen LogP contribution in [0.2, 0.25) is 0 Å². The third kappa shape index (κ3) is 3.83. The van der Waals surface area contributed by atoms with Crippen LogP contribution in [0.3, 0.4) is 0 Å². The van der Waals surface area contributed by atoms with E-state index in [0.717, 1.165) is 18.6 Å². The second-order valence-corrected chi connectivity index (χ2v) is 8.21. The average Bonchev–Trinajstić information content (AvgIpc) is 3.13. The Balaban J connectivity index is 1.64. The van der Waals surface area contributed by atoms with Crippen LogP contribution in [-0.2, 0) is 16.6 Å². The molecule has 0 aliphatic heterocycles. The summed E-state index contributed by atoms with van der Waals surface area (Å²) in [7, 11) is 0. The van der Waals surface area contributed by atoms with Gasteiger partial charge in [0.05, 0.1) is 11.5 Å². The van der Waals surface area contributed by atoms with Crippen molar-refractivity contribution in [2.75, 3.05) is 0 Å². The fourth-order valence-corrected chi connectivity index (χ4v) is 3.90. The predicted molar refractivity (Wildman–Crippen MR) is 114 cm³/mol. The second kappa shape index (κ2) is 7.81. The molecule has 0 saturated carbocycles. The molecule has 2 heteroatoms. The smallest absolute Gasteiger partial charge is 0.209 e. The molecule has 0 fully saturated rings. The summed E-state index contributed by atoms with van der Waals surface area (Å²) in [4.78, 5) is 0. The van der Waals surface area contributed by atoms with Crippen LogP contribution in [0.1, 0.15) is 48.6 Å². The minimum absolute atomic E-state index is 0.0645. The topological polar surface area (TPSA) is 18.5 Å². The van der Waals surface area contributed by atoms with Gasteiger partial charge in [0, 0.05) is 0 Å². The van der Waals surface area contributed by atoms with Crippen LogP contribution in [0.15, 0.2) is 78.9 Å². The quantitative estimate of drug-likeness (QED) is 0.467. The molecule has 0 amide bonds. The van der Waals surface area contributed by atoms with E-state index in [2.05, 4.69) is 81.4 Å². The number of benzene rings is 3. The zero-order valence-corrected chi connectivity index (χ0v) is 16.9. The molecule has 0 spiro atoms. The molecule has 0 heterocycles. The van der Waals surface area contributed by atoms with Gasteiger partial charge in [-0.3, -0.25) is 0 Å². The van der Waals surface area contributed by atoms with E-state index in [-0.39, 0.29) is 11.5 Å². The molecule has 2 atom stereocenters. The van der Waals surface area contributed by atoms with Crippen LogP contribution in [0, 0.1) is 6.92 Å². The molecule has 144 valence electrons. The van der Waals surface area contributed by atoms with Crippen molar-refractivity contribution in [2.24, 2.45) is 0 Å². The maximum absolute atomic E-state index is 6.67. The van der Waals surface area contributed by atoms with E-state index in [1.165, 1.54) is 22.3 Å². The third-order valence-electron chi connectivity index (χ3n) is 5.74. The van der Waals surface area contributed by atoms with Gasteiger partial charge in [0.15, 0.2) is 0 Å². The van der Waals surface area contributed by atoms with Crippen LogP contribution in [0.5, 0.6) is 5.75 Å². The first-order valence-electron chi connectivity index (χ1n) is 10.1. The van der Waals surface area contributed by atoms with E-state index in [1.54, 1.807) is 0 Å². The first-order chi connectivity index (χ1) is 13.5. The van der Waals surface area contributed by atoms with Crippen molar-refractivity contribution in [3.63, 3.8) is 0 Å². The maximum Gasteiger partial charge on any atom is 0.209 e. The highest BCUT2D eigenvalue weighted by atomic mass is 16.7. The summed E-state index contributed by atoms with van der Waals surface area (Å²) in [5.41, 5.74) is 4.81. The summed E-state index contributed by atoms with van der Waals surface area (Å²) in [5, 5.41) is 0. The van der Waals surface area contributed by atoms with Crippen molar-refractivity contribution in [1.29, 1.82) is 0 Å². The molecule has 28 heavy (non-hydrogen) atoms. The van der Waals surface area contributed by atoms with Gasteiger partial charge in [-0.15, -0.1) is 0 Å². The zero-order chi connectivity index (χ0) is 19.6. The number of ether oxygens (including phenoxy) is 2. The molecule has 1 aliphatic carbocycles. The molecule has 4 rings (SSSR count). The Morgan fingerprint density at radius 1 is 0.857 bits per heavy atom. The minimum Gasteiger partial charge on any atom is -0.464 e. The number of hydrogen-bond donors (Lipinski definition) is 0. The second-order valence-electron chi connectivity index (χ2n) is 8.21. The van der Waals surface area contributed by atoms with E-state index in [9.17, 15) is 0 Å². The number of aryl methyl sites for hydroxylation is 2. The Morgan fingerprint density at radius 2 is 1.54 bits per heavy atom. The summed E-state index contributed by atoms with van der Waals surface area (Å²) in [6.07, 6.45) is 1.73.